The van der Waals surface area contributed by atoms with Crippen LogP contribution in [0.1, 0.15) is 40.7 Å². The lowest BCUT2D eigenvalue weighted by Gasteiger charge is -2.17. The first-order chi connectivity index (χ1) is 12.4. The van der Waals surface area contributed by atoms with Crippen molar-refractivity contribution in [2.45, 2.75) is 26.2 Å². The van der Waals surface area contributed by atoms with E-state index in [1.165, 1.54) is 13.2 Å². The molecule has 26 heavy (non-hydrogen) atoms. The summed E-state index contributed by atoms with van der Waals surface area (Å²) in [6, 6.07) is 1.24. The molecule has 0 amide bonds. The van der Waals surface area contributed by atoms with Gasteiger partial charge in [-0.25, -0.2) is 4.79 Å². The van der Waals surface area contributed by atoms with Gasteiger partial charge < -0.3 is 24.1 Å². The van der Waals surface area contributed by atoms with Crippen molar-refractivity contribution in [3.8, 4) is 11.5 Å². The lowest BCUT2D eigenvalue weighted by molar-refractivity contribution is -0.138. The van der Waals surface area contributed by atoms with Gasteiger partial charge in [0, 0.05) is 13.2 Å². The largest absolute Gasteiger partial charge is 0.507 e. The average Bonchev–Trinajstić information content (AvgIpc) is 2.58. The predicted octanol–water partition coefficient (Wildman–Crippen LogP) is 2.22. The SMILES string of the molecule is CCC(C(=O)O)c1c(C)c2c(OCCOC)cc(O)c(C=O)c2oc1=O. The quantitative estimate of drug-likeness (QED) is 0.415. The highest BCUT2D eigenvalue weighted by Gasteiger charge is 2.28. The van der Waals surface area contributed by atoms with Crippen LogP contribution >= 0.6 is 0 Å². The van der Waals surface area contributed by atoms with Crippen molar-refractivity contribution in [2.75, 3.05) is 20.3 Å². The van der Waals surface area contributed by atoms with E-state index in [1.807, 2.05) is 0 Å². The van der Waals surface area contributed by atoms with Gasteiger partial charge >= 0.3 is 11.6 Å². The van der Waals surface area contributed by atoms with Crippen molar-refractivity contribution in [3.05, 3.63) is 33.2 Å². The van der Waals surface area contributed by atoms with E-state index in [4.69, 9.17) is 13.9 Å². The number of phenols is 1. The van der Waals surface area contributed by atoms with E-state index < -0.39 is 23.3 Å². The second-order valence-corrected chi connectivity index (χ2v) is 5.70. The topological polar surface area (TPSA) is 123 Å². The highest BCUT2D eigenvalue weighted by molar-refractivity contribution is 6.02. The third-order valence-corrected chi connectivity index (χ3v) is 4.17. The van der Waals surface area contributed by atoms with Crippen LogP contribution in [0.15, 0.2) is 15.3 Å². The van der Waals surface area contributed by atoms with Gasteiger partial charge in [-0.3, -0.25) is 9.59 Å². The molecule has 0 spiro atoms. The molecule has 0 aliphatic heterocycles. The standard InChI is InChI=1S/C18H20O8/c1-4-10(17(21)22)14-9(2)15-13(25-6-5-24-3)7-12(20)11(8-19)16(15)26-18(14)23/h7-8,10,20H,4-6H2,1-3H3,(H,21,22). The van der Waals surface area contributed by atoms with Crippen LogP contribution in [0.25, 0.3) is 11.0 Å². The molecule has 2 N–H and O–H groups in total. The smallest absolute Gasteiger partial charge is 0.340 e. The molecule has 1 aromatic carbocycles. The molecule has 0 radical (unpaired) electrons. The first-order valence-corrected chi connectivity index (χ1v) is 8.00. The van der Waals surface area contributed by atoms with E-state index in [0.29, 0.717) is 11.8 Å². The molecule has 140 valence electrons. The van der Waals surface area contributed by atoms with Crippen LogP contribution in [0.3, 0.4) is 0 Å². The number of aromatic hydroxyl groups is 1. The number of carbonyl (C=O) groups is 2. The van der Waals surface area contributed by atoms with Gasteiger partial charge in [-0.2, -0.15) is 0 Å². The Balaban J connectivity index is 2.86. The van der Waals surface area contributed by atoms with Gasteiger partial charge in [0.05, 0.1) is 29.0 Å². The number of fused-ring (bicyclic) bond motifs is 1. The molecule has 0 aliphatic carbocycles. The molecule has 1 atom stereocenters. The van der Waals surface area contributed by atoms with Gasteiger partial charge in [0.1, 0.15) is 18.1 Å². The number of carboxylic acid groups (broad SMARTS) is 1. The fourth-order valence-electron chi connectivity index (χ4n) is 2.90. The Labute approximate surface area is 149 Å². The third-order valence-electron chi connectivity index (χ3n) is 4.17. The minimum Gasteiger partial charge on any atom is -0.507 e. The number of benzene rings is 1. The summed E-state index contributed by atoms with van der Waals surface area (Å²) < 4.78 is 15.7. The lowest BCUT2D eigenvalue weighted by Crippen LogP contribution is -2.21. The number of rotatable bonds is 8. The number of ether oxygens (including phenoxy) is 2. The van der Waals surface area contributed by atoms with Crippen LogP contribution in [-0.4, -0.2) is 42.8 Å². The number of hydrogen-bond acceptors (Lipinski definition) is 7. The monoisotopic (exact) mass is 364 g/mol. The Bertz CT molecular complexity index is 896. The van der Waals surface area contributed by atoms with E-state index in [0.717, 1.165) is 0 Å². The van der Waals surface area contributed by atoms with Crippen LogP contribution < -0.4 is 10.4 Å². The summed E-state index contributed by atoms with van der Waals surface area (Å²) in [5.41, 5.74) is -0.874. The minimum atomic E-state index is -1.15. The van der Waals surface area contributed by atoms with Crippen LogP contribution in [0, 0.1) is 6.92 Å². The average molecular weight is 364 g/mol. The van der Waals surface area contributed by atoms with Gasteiger partial charge in [0.15, 0.2) is 11.9 Å². The number of aldehydes is 1. The van der Waals surface area contributed by atoms with E-state index in [9.17, 15) is 24.6 Å². The van der Waals surface area contributed by atoms with Crippen molar-refractivity contribution in [2.24, 2.45) is 0 Å². The number of aryl methyl sites for hydroxylation is 1. The number of carbonyl (C=O) groups excluding carboxylic acids is 1. The van der Waals surface area contributed by atoms with Gasteiger partial charge in [-0.1, -0.05) is 6.92 Å². The summed E-state index contributed by atoms with van der Waals surface area (Å²) in [4.78, 5) is 35.3. The summed E-state index contributed by atoms with van der Waals surface area (Å²) in [7, 11) is 1.50. The van der Waals surface area contributed by atoms with Crippen molar-refractivity contribution in [1.29, 1.82) is 0 Å². The lowest BCUT2D eigenvalue weighted by atomic mass is 9.91. The Morgan fingerprint density at radius 1 is 1.38 bits per heavy atom. The maximum Gasteiger partial charge on any atom is 0.340 e. The Morgan fingerprint density at radius 2 is 2.08 bits per heavy atom. The molecule has 8 heteroatoms. The highest BCUT2D eigenvalue weighted by Crippen LogP contribution is 2.38. The fraction of sp³-hybridized carbons (Fsp3) is 0.389. The van der Waals surface area contributed by atoms with Gasteiger partial charge in [0.25, 0.3) is 0 Å². The van der Waals surface area contributed by atoms with E-state index in [2.05, 4.69) is 0 Å². The molecule has 0 saturated carbocycles. The molecule has 1 heterocycles. The summed E-state index contributed by atoms with van der Waals surface area (Å²) in [5, 5.41) is 19.7. The van der Waals surface area contributed by atoms with Gasteiger partial charge in [-0.05, 0) is 18.9 Å². The highest BCUT2D eigenvalue weighted by atomic mass is 16.5. The first-order valence-electron chi connectivity index (χ1n) is 8.00. The molecular weight excluding hydrogens is 344 g/mol. The molecule has 0 bridgehead atoms. The Kier molecular flexibility index (Phi) is 5.99. The first kappa shape index (κ1) is 19.5. The maximum absolute atomic E-state index is 12.4. The van der Waals surface area contributed by atoms with Gasteiger partial charge in [0.2, 0.25) is 0 Å². The summed E-state index contributed by atoms with van der Waals surface area (Å²) in [6.07, 6.45) is 0.554. The number of aliphatic carboxylic acids is 1. The molecule has 1 unspecified atom stereocenters. The second-order valence-electron chi connectivity index (χ2n) is 5.70. The zero-order valence-electron chi connectivity index (χ0n) is 14.7. The molecule has 8 nitrogen and oxygen atoms in total. The van der Waals surface area contributed by atoms with Crippen molar-refractivity contribution in [1.82, 2.24) is 0 Å². The van der Waals surface area contributed by atoms with Crippen LogP contribution in [-0.2, 0) is 9.53 Å². The number of carboxylic acids is 1. The fourth-order valence-corrected chi connectivity index (χ4v) is 2.90. The third kappa shape index (κ3) is 3.41. The summed E-state index contributed by atoms with van der Waals surface area (Å²) >= 11 is 0. The second kappa shape index (κ2) is 8.01. The van der Waals surface area contributed by atoms with Crippen LogP contribution in [0.5, 0.6) is 11.5 Å². The van der Waals surface area contributed by atoms with E-state index >= 15 is 0 Å². The Hall–Kier alpha value is -2.87. The molecule has 0 aliphatic rings. The summed E-state index contributed by atoms with van der Waals surface area (Å²) in [6.45, 7) is 3.63. The number of hydrogen-bond donors (Lipinski definition) is 2. The van der Waals surface area contributed by atoms with Crippen LogP contribution in [0.2, 0.25) is 0 Å². The predicted molar refractivity (Wildman–Crippen MR) is 92.3 cm³/mol. The zero-order valence-corrected chi connectivity index (χ0v) is 14.7. The molecule has 1 aromatic heterocycles. The van der Waals surface area contributed by atoms with Crippen molar-refractivity contribution < 1.29 is 33.7 Å². The zero-order chi connectivity index (χ0) is 19.4. The molecular formula is C18H20O8. The molecule has 0 saturated heterocycles. The number of phenolic OH excluding ortho intramolecular Hbond substituents is 1. The normalized spacial score (nSPS) is 12.1. The summed E-state index contributed by atoms with van der Waals surface area (Å²) in [5.74, 6) is -2.45. The minimum absolute atomic E-state index is 0.00775. The van der Waals surface area contributed by atoms with Crippen LogP contribution in [0.4, 0.5) is 0 Å². The van der Waals surface area contributed by atoms with Gasteiger partial charge in [-0.15, -0.1) is 0 Å². The molecule has 2 rings (SSSR count). The number of methoxy groups -OCH3 is 1. The van der Waals surface area contributed by atoms with Crippen molar-refractivity contribution in [3.63, 3.8) is 0 Å². The van der Waals surface area contributed by atoms with E-state index in [-0.39, 0.29) is 47.5 Å². The maximum atomic E-state index is 12.4. The Morgan fingerprint density at radius 3 is 2.62 bits per heavy atom. The van der Waals surface area contributed by atoms with E-state index in [1.54, 1.807) is 13.8 Å². The molecule has 2 aromatic rings. The van der Waals surface area contributed by atoms with Crippen molar-refractivity contribution >= 4 is 23.2 Å². The molecule has 0 fully saturated rings.